The zero-order chi connectivity index (χ0) is 19.7. The van der Waals surface area contributed by atoms with Crippen LogP contribution < -0.4 is 0 Å². The Morgan fingerprint density at radius 2 is 1.44 bits per heavy atom. The Labute approximate surface area is 140 Å². The third-order valence-electron chi connectivity index (χ3n) is 2.94. The summed E-state index contributed by atoms with van der Waals surface area (Å²) in [7, 11) is 0. The maximum absolute atomic E-state index is 14.6. The summed E-state index contributed by atoms with van der Waals surface area (Å²) in [5, 5.41) is 0. The van der Waals surface area contributed by atoms with E-state index in [9.17, 15) is 31.1 Å². The van der Waals surface area contributed by atoms with Crippen molar-refractivity contribution in [2.24, 2.45) is 0 Å². The fourth-order valence-electron chi connectivity index (χ4n) is 1.79. The SMILES string of the molecule is C=Cc1ccc(C(F)(C(F)(F)F)C(F)(F)OC(=O)OC(C)(C)C)cc1. The first-order valence-electron chi connectivity index (χ1n) is 6.92. The van der Waals surface area contributed by atoms with Gasteiger partial charge in [-0.25, -0.2) is 9.18 Å². The third kappa shape index (κ3) is 4.46. The van der Waals surface area contributed by atoms with E-state index in [-0.39, 0.29) is 5.56 Å². The number of halogens is 6. The first-order valence-corrected chi connectivity index (χ1v) is 6.92. The molecule has 0 saturated heterocycles. The number of benzene rings is 1. The molecule has 0 amide bonds. The van der Waals surface area contributed by atoms with E-state index < -0.39 is 35.3 Å². The summed E-state index contributed by atoms with van der Waals surface area (Å²) in [5.74, 6) is 0. The monoisotopic (exact) mass is 370 g/mol. The van der Waals surface area contributed by atoms with Crippen molar-refractivity contribution in [3.8, 4) is 0 Å². The average Bonchev–Trinajstić information content (AvgIpc) is 2.42. The second-order valence-electron chi connectivity index (χ2n) is 6.07. The van der Waals surface area contributed by atoms with Crippen LogP contribution in [0, 0.1) is 0 Å². The minimum Gasteiger partial charge on any atom is -0.428 e. The van der Waals surface area contributed by atoms with E-state index in [2.05, 4.69) is 16.1 Å². The molecular formula is C16H16F6O3. The summed E-state index contributed by atoms with van der Waals surface area (Å²) in [6.45, 7) is 7.16. The van der Waals surface area contributed by atoms with Gasteiger partial charge in [0.25, 0.3) is 0 Å². The summed E-state index contributed by atoms with van der Waals surface area (Å²) in [5.41, 5.74) is -7.74. The number of hydrogen-bond donors (Lipinski definition) is 0. The molecule has 0 N–H and O–H groups in total. The van der Waals surface area contributed by atoms with E-state index in [4.69, 9.17) is 0 Å². The predicted octanol–water partition coefficient (Wildman–Crippen LogP) is 5.60. The van der Waals surface area contributed by atoms with Crippen LogP contribution in [-0.2, 0) is 15.1 Å². The van der Waals surface area contributed by atoms with Gasteiger partial charge in [0.1, 0.15) is 5.60 Å². The van der Waals surface area contributed by atoms with Crippen molar-refractivity contribution in [2.45, 2.75) is 44.3 Å². The van der Waals surface area contributed by atoms with E-state index in [0.717, 1.165) is 12.1 Å². The number of ether oxygens (including phenoxy) is 2. The molecule has 0 saturated carbocycles. The van der Waals surface area contributed by atoms with Crippen LogP contribution in [0.1, 0.15) is 31.9 Å². The van der Waals surface area contributed by atoms with Gasteiger partial charge < -0.3 is 9.47 Å². The molecule has 0 aromatic heterocycles. The van der Waals surface area contributed by atoms with Gasteiger partial charge in [-0.2, -0.15) is 22.0 Å². The van der Waals surface area contributed by atoms with Crippen molar-refractivity contribution in [2.75, 3.05) is 0 Å². The maximum Gasteiger partial charge on any atom is 0.513 e. The van der Waals surface area contributed by atoms with E-state index in [0.29, 0.717) is 12.1 Å². The summed E-state index contributed by atoms with van der Waals surface area (Å²) in [6, 6.07) is 2.95. The van der Waals surface area contributed by atoms with E-state index >= 15 is 0 Å². The maximum atomic E-state index is 14.6. The highest BCUT2D eigenvalue weighted by Gasteiger charge is 2.75. The van der Waals surface area contributed by atoms with Crippen molar-refractivity contribution in [3.05, 3.63) is 42.0 Å². The Hall–Kier alpha value is -2.19. The van der Waals surface area contributed by atoms with Crippen molar-refractivity contribution in [1.29, 1.82) is 0 Å². The normalized spacial score (nSPS) is 15.2. The van der Waals surface area contributed by atoms with E-state index in [1.807, 2.05) is 0 Å². The number of carbonyl (C=O) groups is 1. The number of carbonyl (C=O) groups excluding carboxylic acids is 1. The lowest BCUT2D eigenvalue weighted by Crippen LogP contribution is -2.55. The molecule has 1 rings (SSSR count). The van der Waals surface area contributed by atoms with Crippen molar-refractivity contribution < 1.29 is 40.6 Å². The van der Waals surface area contributed by atoms with E-state index in [1.165, 1.54) is 26.8 Å². The van der Waals surface area contributed by atoms with Crippen molar-refractivity contribution in [1.82, 2.24) is 0 Å². The van der Waals surface area contributed by atoms with Gasteiger partial charge in [0.15, 0.2) is 0 Å². The molecule has 0 aliphatic carbocycles. The third-order valence-corrected chi connectivity index (χ3v) is 2.94. The molecule has 1 aromatic rings. The molecule has 1 unspecified atom stereocenters. The van der Waals surface area contributed by atoms with Crippen LogP contribution in [0.4, 0.5) is 31.1 Å². The molecule has 0 aliphatic heterocycles. The summed E-state index contributed by atoms with van der Waals surface area (Å²) >= 11 is 0. The molecule has 0 aliphatic rings. The molecule has 0 radical (unpaired) electrons. The standard InChI is InChI=1S/C16H16F6O3/c1-5-10-6-8-11(9-7-10)14(17,15(18,19)20)16(21,22)25-12(23)24-13(2,3)4/h5-9H,1H2,2-4H3. The molecule has 0 heterocycles. The van der Waals surface area contributed by atoms with Crippen LogP contribution in [0.2, 0.25) is 0 Å². The fourth-order valence-corrected chi connectivity index (χ4v) is 1.79. The van der Waals surface area contributed by atoms with E-state index in [1.54, 1.807) is 0 Å². The van der Waals surface area contributed by atoms with Gasteiger partial charge in [0.2, 0.25) is 0 Å². The molecule has 1 atom stereocenters. The summed E-state index contributed by atoms with van der Waals surface area (Å²) in [6.07, 6.45) is -12.5. The Balaban J connectivity index is 3.32. The van der Waals surface area contributed by atoms with Gasteiger partial charge >= 0.3 is 24.1 Å². The molecule has 0 bridgehead atoms. The highest BCUT2D eigenvalue weighted by Crippen LogP contribution is 2.53. The first-order chi connectivity index (χ1) is 11.1. The minimum atomic E-state index is -6.08. The molecule has 1 aromatic carbocycles. The van der Waals surface area contributed by atoms with Gasteiger partial charge in [0.05, 0.1) is 0 Å². The smallest absolute Gasteiger partial charge is 0.428 e. The fraction of sp³-hybridized carbons (Fsp3) is 0.438. The number of rotatable bonds is 4. The van der Waals surface area contributed by atoms with Gasteiger partial charge in [-0.3, -0.25) is 0 Å². The molecule has 3 nitrogen and oxygen atoms in total. The lowest BCUT2D eigenvalue weighted by molar-refractivity contribution is -0.376. The Morgan fingerprint density at radius 3 is 1.80 bits per heavy atom. The zero-order valence-electron chi connectivity index (χ0n) is 13.6. The lowest BCUT2D eigenvalue weighted by Gasteiger charge is -2.34. The number of alkyl halides is 6. The van der Waals surface area contributed by atoms with Crippen LogP contribution in [0.3, 0.4) is 0 Å². The average molecular weight is 370 g/mol. The van der Waals surface area contributed by atoms with Crippen LogP contribution in [0.25, 0.3) is 6.08 Å². The van der Waals surface area contributed by atoms with Crippen LogP contribution in [0.15, 0.2) is 30.8 Å². The second-order valence-corrected chi connectivity index (χ2v) is 6.07. The quantitative estimate of drug-likeness (QED) is 0.511. The van der Waals surface area contributed by atoms with Gasteiger partial charge in [-0.05, 0) is 26.3 Å². The lowest BCUT2D eigenvalue weighted by atomic mass is 9.92. The Morgan fingerprint density at radius 1 is 0.960 bits per heavy atom. The molecule has 9 heteroatoms. The molecule has 25 heavy (non-hydrogen) atoms. The Kier molecular flexibility index (Phi) is 5.51. The molecule has 0 spiro atoms. The van der Waals surface area contributed by atoms with Gasteiger partial charge in [-0.1, -0.05) is 36.9 Å². The largest absolute Gasteiger partial charge is 0.513 e. The van der Waals surface area contributed by atoms with Crippen LogP contribution >= 0.6 is 0 Å². The second kappa shape index (κ2) is 6.61. The molecule has 0 fully saturated rings. The van der Waals surface area contributed by atoms with Gasteiger partial charge in [-0.15, -0.1) is 0 Å². The predicted molar refractivity (Wildman–Crippen MR) is 77.6 cm³/mol. The zero-order valence-corrected chi connectivity index (χ0v) is 13.6. The molecule has 140 valence electrons. The Bertz CT molecular complexity index is 631. The van der Waals surface area contributed by atoms with Gasteiger partial charge in [0, 0.05) is 5.56 Å². The summed E-state index contributed by atoms with van der Waals surface area (Å²) < 4.78 is 89.9. The highest BCUT2D eigenvalue weighted by atomic mass is 19.4. The minimum absolute atomic E-state index is 0.282. The summed E-state index contributed by atoms with van der Waals surface area (Å²) in [4.78, 5) is 11.3. The van der Waals surface area contributed by atoms with Crippen molar-refractivity contribution >= 4 is 12.2 Å². The van der Waals surface area contributed by atoms with Crippen LogP contribution in [-0.4, -0.2) is 24.0 Å². The van der Waals surface area contributed by atoms with Crippen LogP contribution in [0.5, 0.6) is 0 Å². The first kappa shape index (κ1) is 20.9. The highest BCUT2D eigenvalue weighted by molar-refractivity contribution is 5.61. The molecular weight excluding hydrogens is 354 g/mol. The topological polar surface area (TPSA) is 35.5 Å². The van der Waals surface area contributed by atoms with Crippen molar-refractivity contribution in [3.63, 3.8) is 0 Å². The number of hydrogen-bond acceptors (Lipinski definition) is 3.